The van der Waals surface area contributed by atoms with Crippen molar-refractivity contribution in [2.75, 3.05) is 6.54 Å². The first-order valence-corrected chi connectivity index (χ1v) is 9.45. The second-order valence-electron chi connectivity index (χ2n) is 6.90. The monoisotopic (exact) mass is 371 g/mol. The molecule has 0 fully saturated rings. The van der Waals surface area contributed by atoms with Crippen molar-refractivity contribution in [3.8, 4) is 0 Å². The summed E-state index contributed by atoms with van der Waals surface area (Å²) in [6.07, 6.45) is 2.22. The molecule has 4 heterocycles. The van der Waals surface area contributed by atoms with E-state index < -0.39 is 0 Å². The van der Waals surface area contributed by atoms with Crippen LogP contribution in [0.4, 0.5) is 0 Å². The normalized spacial score (nSPS) is 16.0. The Kier molecular flexibility index (Phi) is 4.04. The summed E-state index contributed by atoms with van der Waals surface area (Å²) in [5.41, 5.74) is 2.56. The van der Waals surface area contributed by atoms with Gasteiger partial charge < -0.3 is 9.55 Å². The Morgan fingerprint density at radius 3 is 2.85 bits per heavy atom. The lowest BCUT2D eigenvalue weighted by molar-refractivity contribution is 0.181. The number of aryl methyl sites for hydroxylation is 3. The van der Waals surface area contributed by atoms with Crippen LogP contribution in [0, 0.1) is 13.8 Å². The van der Waals surface area contributed by atoms with Gasteiger partial charge in [0.2, 0.25) is 0 Å². The van der Waals surface area contributed by atoms with E-state index in [9.17, 15) is 9.59 Å². The predicted molar refractivity (Wildman–Crippen MR) is 102 cm³/mol. The second-order valence-corrected chi connectivity index (χ2v) is 8.10. The lowest BCUT2D eigenvalue weighted by atomic mass is 10.0. The van der Waals surface area contributed by atoms with Crippen LogP contribution in [0.3, 0.4) is 0 Å². The van der Waals surface area contributed by atoms with Crippen LogP contribution in [-0.4, -0.2) is 31.0 Å². The number of H-pyrrole nitrogens is 1. The van der Waals surface area contributed by atoms with Gasteiger partial charge in [0.1, 0.15) is 10.7 Å². The van der Waals surface area contributed by atoms with Gasteiger partial charge in [-0.25, -0.2) is 9.97 Å². The topological polar surface area (TPSA) is 83.9 Å². The van der Waals surface area contributed by atoms with E-state index in [4.69, 9.17) is 4.98 Å². The van der Waals surface area contributed by atoms with Gasteiger partial charge in [-0.3, -0.25) is 14.5 Å². The summed E-state index contributed by atoms with van der Waals surface area (Å²) in [5, 5.41) is 0.692. The van der Waals surface area contributed by atoms with Crippen molar-refractivity contribution in [3.63, 3.8) is 0 Å². The molecule has 1 aliphatic heterocycles. The number of aromatic nitrogens is 4. The Balaban J connectivity index is 1.69. The maximum absolute atomic E-state index is 12.5. The number of nitrogens with one attached hydrogen (secondary N) is 1. The van der Waals surface area contributed by atoms with E-state index in [0.29, 0.717) is 24.2 Å². The number of fused-ring (bicyclic) bond motifs is 2. The lowest BCUT2D eigenvalue weighted by Crippen LogP contribution is -2.38. The van der Waals surface area contributed by atoms with Gasteiger partial charge in [0.25, 0.3) is 11.1 Å². The second kappa shape index (κ2) is 6.14. The molecular formula is C18H21N5O2S. The molecule has 1 N–H and O–H groups in total. The third kappa shape index (κ3) is 2.60. The molecule has 26 heavy (non-hydrogen) atoms. The minimum Gasteiger partial charge on any atom is -0.309 e. The van der Waals surface area contributed by atoms with Gasteiger partial charge in [-0.05, 0) is 32.8 Å². The molecule has 3 aromatic heterocycles. The van der Waals surface area contributed by atoms with Gasteiger partial charge in [-0.15, -0.1) is 11.3 Å². The van der Waals surface area contributed by atoms with Gasteiger partial charge in [-0.1, -0.05) is 0 Å². The average Bonchev–Trinajstić information content (AvgIpc) is 2.91. The number of hydrogen-bond donors (Lipinski definition) is 1. The number of aromatic amines is 1. The summed E-state index contributed by atoms with van der Waals surface area (Å²) in [6, 6.07) is -0.0613. The first-order valence-electron chi connectivity index (χ1n) is 8.64. The fourth-order valence-electron chi connectivity index (χ4n) is 3.51. The molecule has 0 aliphatic carbocycles. The maximum atomic E-state index is 12.5. The van der Waals surface area contributed by atoms with Crippen LogP contribution in [0.25, 0.3) is 10.2 Å². The Labute approximate surface area is 154 Å². The minimum atomic E-state index is -0.0805. The lowest BCUT2D eigenvalue weighted by Gasteiger charge is -2.32. The zero-order chi connectivity index (χ0) is 18.6. The number of thiophene rings is 1. The third-order valence-corrected chi connectivity index (χ3v) is 6.42. The van der Waals surface area contributed by atoms with Crippen LogP contribution in [0.2, 0.25) is 0 Å². The highest BCUT2D eigenvalue weighted by atomic mass is 32.1. The van der Waals surface area contributed by atoms with Crippen LogP contribution < -0.4 is 11.1 Å². The molecule has 0 spiro atoms. The van der Waals surface area contributed by atoms with Crippen molar-refractivity contribution in [2.45, 2.75) is 39.8 Å². The Morgan fingerprint density at radius 1 is 1.31 bits per heavy atom. The molecule has 0 amide bonds. The van der Waals surface area contributed by atoms with Crippen molar-refractivity contribution >= 4 is 21.6 Å². The molecule has 0 saturated heterocycles. The fourth-order valence-corrected chi connectivity index (χ4v) is 4.55. The van der Waals surface area contributed by atoms with Crippen LogP contribution in [-0.2, 0) is 20.0 Å². The zero-order valence-electron chi connectivity index (χ0n) is 15.3. The molecule has 0 bridgehead atoms. The summed E-state index contributed by atoms with van der Waals surface area (Å²) >= 11 is 1.56. The number of hydrogen-bond acceptors (Lipinski definition) is 6. The van der Waals surface area contributed by atoms with Crippen molar-refractivity contribution in [1.82, 2.24) is 24.4 Å². The SMILES string of the molecule is Cc1sc2nc(C(C)N3CCc4c(ncn(C)c4=O)C3)[nH]c(=O)c2c1C. The summed E-state index contributed by atoms with van der Waals surface area (Å²) in [4.78, 5) is 41.0. The first kappa shape index (κ1) is 17.1. The molecule has 7 nitrogen and oxygen atoms in total. The standard InChI is InChI=1S/C18H21N5O2S/c1-9-11(3)26-17-14(9)16(24)20-15(21-17)10(2)23-6-5-12-13(7-23)19-8-22(4)18(12)25/h8,10H,5-7H2,1-4H3,(H,20,21,24). The summed E-state index contributed by atoms with van der Waals surface area (Å²) in [6.45, 7) is 7.32. The highest BCUT2D eigenvalue weighted by Gasteiger charge is 2.26. The average molecular weight is 371 g/mol. The summed E-state index contributed by atoms with van der Waals surface area (Å²) < 4.78 is 1.52. The quantitative estimate of drug-likeness (QED) is 0.743. The van der Waals surface area contributed by atoms with E-state index in [2.05, 4.69) is 14.9 Å². The van der Waals surface area contributed by atoms with E-state index in [1.54, 1.807) is 24.7 Å². The Bertz CT molecular complexity index is 1130. The van der Waals surface area contributed by atoms with E-state index >= 15 is 0 Å². The number of nitrogens with zero attached hydrogens (tertiary/aromatic N) is 4. The summed E-state index contributed by atoms with van der Waals surface area (Å²) in [7, 11) is 1.72. The van der Waals surface area contributed by atoms with Crippen LogP contribution in [0.15, 0.2) is 15.9 Å². The first-order chi connectivity index (χ1) is 12.4. The minimum absolute atomic E-state index is 0.0276. The molecule has 1 aliphatic rings. The highest BCUT2D eigenvalue weighted by Crippen LogP contribution is 2.28. The molecule has 8 heteroatoms. The van der Waals surface area contributed by atoms with Crippen LogP contribution in [0.1, 0.15) is 40.5 Å². The van der Waals surface area contributed by atoms with Gasteiger partial charge in [0.15, 0.2) is 0 Å². The molecule has 0 radical (unpaired) electrons. The van der Waals surface area contributed by atoms with Crippen molar-refractivity contribution in [2.24, 2.45) is 7.05 Å². The zero-order valence-corrected chi connectivity index (χ0v) is 16.1. The Hall–Kier alpha value is -2.32. The van der Waals surface area contributed by atoms with E-state index in [0.717, 1.165) is 33.1 Å². The van der Waals surface area contributed by atoms with Crippen molar-refractivity contribution < 1.29 is 0 Å². The van der Waals surface area contributed by atoms with E-state index in [1.807, 2.05) is 20.8 Å². The van der Waals surface area contributed by atoms with Gasteiger partial charge in [-0.2, -0.15) is 0 Å². The molecule has 1 unspecified atom stereocenters. The summed E-state index contributed by atoms with van der Waals surface area (Å²) in [5.74, 6) is 0.663. The molecule has 3 aromatic rings. The van der Waals surface area contributed by atoms with Crippen molar-refractivity contribution in [1.29, 1.82) is 0 Å². The Morgan fingerprint density at radius 2 is 2.08 bits per heavy atom. The predicted octanol–water partition coefficient (Wildman–Crippen LogP) is 1.81. The van der Waals surface area contributed by atoms with Gasteiger partial charge in [0, 0.05) is 30.6 Å². The molecule has 0 saturated carbocycles. The van der Waals surface area contributed by atoms with Crippen LogP contribution in [0.5, 0.6) is 0 Å². The van der Waals surface area contributed by atoms with Crippen molar-refractivity contribution in [3.05, 3.63) is 54.6 Å². The van der Waals surface area contributed by atoms with E-state index in [1.165, 1.54) is 4.57 Å². The van der Waals surface area contributed by atoms with Gasteiger partial charge >= 0.3 is 0 Å². The molecule has 1 atom stereocenters. The largest absolute Gasteiger partial charge is 0.309 e. The highest BCUT2D eigenvalue weighted by molar-refractivity contribution is 7.18. The smallest absolute Gasteiger partial charge is 0.259 e. The maximum Gasteiger partial charge on any atom is 0.259 e. The fraction of sp³-hybridized carbons (Fsp3) is 0.444. The van der Waals surface area contributed by atoms with Crippen LogP contribution >= 0.6 is 11.3 Å². The van der Waals surface area contributed by atoms with E-state index in [-0.39, 0.29) is 17.2 Å². The molecule has 4 rings (SSSR count). The molecular weight excluding hydrogens is 350 g/mol. The number of rotatable bonds is 2. The molecule has 0 aromatic carbocycles. The van der Waals surface area contributed by atoms with Gasteiger partial charge in [0.05, 0.1) is 23.4 Å². The molecule has 136 valence electrons. The third-order valence-electron chi connectivity index (χ3n) is 5.32.